The van der Waals surface area contributed by atoms with Gasteiger partial charge < -0.3 is 9.64 Å². The molecule has 108 valence electrons. The molecule has 0 amide bonds. The molecular formula is C18H18ClNO. The third kappa shape index (κ3) is 2.23. The van der Waals surface area contributed by atoms with Gasteiger partial charge in [0.15, 0.2) is 0 Å². The zero-order chi connectivity index (χ0) is 14.4. The summed E-state index contributed by atoms with van der Waals surface area (Å²) in [5, 5.41) is 0.787. The largest absolute Gasteiger partial charge is 0.457 e. The number of halogens is 1. The Morgan fingerprint density at radius 3 is 2.76 bits per heavy atom. The van der Waals surface area contributed by atoms with Crippen LogP contribution in [0, 0.1) is 0 Å². The minimum atomic E-state index is 0.445. The van der Waals surface area contributed by atoms with Gasteiger partial charge in [-0.05, 0) is 55.8 Å². The third-order valence-corrected chi connectivity index (χ3v) is 4.96. The van der Waals surface area contributed by atoms with Gasteiger partial charge in [0.05, 0.1) is 0 Å². The SMILES string of the molecule is CN1CC[C@@H]2c3ccccc3Oc3ccc(Cl)cc3[C@H]2C1. The second-order valence-electron chi connectivity index (χ2n) is 6.09. The molecular weight excluding hydrogens is 282 g/mol. The van der Waals surface area contributed by atoms with Crippen molar-refractivity contribution in [3.05, 3.63) is 58.6 Å². The molecule has 0 unspecified atom stereocenters. The van der Waals surface area contributed by atoms with Gasteiger partial charge in [-0.3, -0.25) is 0 Å². The molecule has 0 aliphatic carbocycles. The Kier molecular flexibility index (Phi) is 3.16. The molecule has 0 bridgehead atoms. The molecule has 1 saturated heterocycles. The van der Waals surface area contributed by atoms with Crippen LogP contribution in [0.25, 0.3) is 0 Å². The van der Waals surface area contributed by atoms with Crippen LogP contribution in [-0.2, 0) is 0 Å². The van der Waals surface area contributed by atoms with Crippen LogP contribution in [0.1, 0.15) is 29.4 Å². The molecule has 0 radical (unpaired) electrons. The number of rotatable bonds is 0. The van der Waals surface area contributed by atoms with Gasteiger partial charge in [-0.25, -0.2) is 0 Å². The van der Waals surface area contributed by atoms with E-state index >= 15 is 0 Å². The average Bonchev–Trinajstić information content (AvgIpc) is 2.62. The number of likely N-dealkylation sites (tertiary alicyclic amines) is 1. The van der Waals surface area contributed by atoms with Crippen molar-refractivity contribution in [1.29, 1.82) is 0 Å². The fourth-order valence-electron chi connectivity index (χ4n) is 3.70. The van der Waals surface area contributed by atoms with Crippen LogP contribution in [0.15, 0.2) is 42.5 Å². The predicted molar refractivity (Wildman–Crippen MR) is 85.6 cm³/mol. The number of piperidine rings is 1. The molecule has 0 spiro atoms. The minimum absolute atomic E-state index is 0.445. The van der Waals surface area contributed by atoms with E-state index in [1.54, 1.807) is 0 Å². The van der Waals surface area contributed by atoms with Gasteiger partial charge in [-0.15, -0.1) is 0 Å². The highest BCUT2D eigenvalue weighted by Gasteiger charge is 2.36. The van der Waals surface area contributed by atoms with E-state index in [4.69, 9.17) is 16.3 Å². The Bertz CT molecular complexity index is 685. The Labute approximate surface area is 130 Å². The van der Waals surface area contributed by atoms with Crippen LogP contribution in [0.3, 0.4) is 0 Å². The Morgan fingerprint density at radius 2 is 1.86 bits per heavy atom. The number of nitrogens with zero attached hydrogens (tertiary/aromatic N) is 1. The van der Waals surface area contributed by atoms with E-state index in [0.29, 0.717) is 11.8 Å². The number of ether oxygens (including phenoxy) is 1. The summed E-state index contributed by atoms with van der Waals surface area (Å²) in [5.41, 5.74) is 2.58. The van der Waals surface area contributed by atoms with E-state index in [1.807, 2.05) is 18.2 Å². The fraction of sp³-hybridized carbons (Fsp3) is 0.333. The normalized spacial score (nSPS) is 24.3. The molecule has 0 saturated carbocycles. The highest BCUT2D eigenvalue weighted by atomic mass is 35.5. The molecule has 2 aliphatic rings. The second kappa shape index (κ2) is 5.04. The van der Waals surface area contributed by atoms with Gasteiger partial charge in [-0.1, -0.05) is 29.8 Å². The summed E-state index contributed by atoms with van der Waals surface area (Å²) < 4.78 is 6.21. The Balaban J connectivity index is 1.91. The zero-order valence-corrected chi connectivity index (χ0v) is 12.8. The van der Waals surface area contributed by atoms with Crippen molar-refractivity contribution in [2.24, 2.45) is 0 Å². The van der Waals surface area contributed by atoms with Gasteiger partial charge in [0.1, 0.15) is 11.5 Å². The molecule has 2 nitrogen and oxygen atoms in total. The number of hydrogen-bond donors (Lipinski definition) is 0. The third-order valence-electron chi connectivity index (χ3n) is 4.73. The molecule has 3 heteroatoms. The molecule has 2 atom stereocenters. The number of fused-ring (bicyclic) bond motifs is 5. The van der Waals surface area contributed by atoms with E-state index in [-0.39, 0.29) is 0 Å². The summed E-state index contributed by atoms with van der Waals surface area (Å²) in [7, 11) is 2.19. The van der Waals surface area contributed by atoms with Gasteiger partial charge in [0, 0.05) is 23.0 Å². The average molecular weight is 300 g/mol. The summed E-state index contributed by atoms with van der Waals surface area (Å²) >= 11 is 6.24. The molecule has 2 aromatic carbocycles. The molecule has 0 aromatic heterocycles. The lowest BCUT2D eigenvalue weighted by Gasteiger charge is -2.36. The zero-order valence-electron chi connectivity index (χ0n) is 12.1. The molecule has 1 fully saturated rings. The van der Waals surface area contributed by atoms with Crippen LogP contribution < -0.4 is 4.74 Å². The van der Waals surface area contributed by atoms with Crippen molar-refractivity contribution in [2.45, 2.75) is 18.3 Å². The van der Waals surface area contributed by atoms with Crippen LogP contribution in [0.5, 0.6) is 11.5 Å². The quantitative estimate of drug-likeness (QED) is 0.702. The topological polar surface area (TPSA) is 12.5 Å². The summed E-state index contributed by atoms with van der Waals surface area (Å²) in [4.78, 5) is 2.40. The van der Waals surface area contributed by atoms with Crippen LogP contribution in [0.2, 0.25) is 5.02 Å². The maximum atomic E-state index is 6.24. The first kappa shape index (κ1) is 13.2. The van der Waals surface area contributed by atoms with Crippen molar-refractivity contribution >= 4 is 11.6 Å². The van der Waals surface area contributed by atoms with E-state index in [9.17, 15) is 0 Å². The predicted octanol–water partition coefficient (Wildman–Crippen LogP) is 4.65. The van der Waals surface area contributed by atoms with E-state index in [2.05, 4.69) is 36.2 Å². The highest BCUT2D eigenvalue weighted by molar-refractivity contribution is 6.30. The summed E-state index contributed by atoms with van der Waals surface area (Å²) in [6.45, 7) is 2.18. The highest BCUT2D eigenvalue weighted by Crippen LogP contribution is 2.49. The standard InChI is InChI=1S/C18H18ClNO/c1-20-9-8-13-14-4-2-3-5-17(14)21-18-7-6-12(19)10-15(18)16(13)11-20/h2-7,10,13,16H,8-9,11H2,1H3/t13-,16+/m1/s1. The van der Waals surface area contributed by atoms with E-state index in [1.165, 1.54) is 11.1 Å². The number of likely N-dealkylation sites (N-methyl/N-ethyl adjacent to an activating group) is 1. The van der Waals surface area contributed by atoms with Gasteiger partial charge >= 0.3 is 0 Å². The maximum absolute atomic E-state index is 6.24. The van der Waals surface area contributed by atoms with Crippen molar-refractivity contribution in [2.75, 3.05) is 20.1 Å². The number of para-hydroxylation sites is 1. The van der Waals surface area contributed by atoms with Crippen molar-refractivity contribution in [3.63, 3.8) is 0 Å². The molecule has 21 heavy (non-hydrogen) atoms. The van der Waals surface area contributed by atoms with Crippen LogP contribution in [0.4, 0.5) is 0 Å². The maximum Gasteiger partial charge on any atom is 0.131 e. The summed E-state index contributed by atoms with van der Waals surface area (Å²) in [6, 6.07) is 14.4. The molecule has 2 heterocycles. The molecule has 4 rings (SSSR count). The lowest BCUT2D eigenvalue weighted by Crippen LogP contribution is -2.35. The van der Waals surface area contributed by atoms with Gasteiger partial charge in [-0.2, -0.15) is 0 Å². The summed E-state index contributed by atoms with van der Waals surface area (Å²) in [5.74, 6) is 2.91. The Morgan fingerprint density at radius 1 is 1.05 bits per heavy atom. The summed E-state index contributed by atoms with van der Waals surface area (Å²) in [6.07, 6.45) is 1.16. The fourth-order valence-corrected chi connectivity index (χ4v) is 3.88. The lowest BCUT2D eigenvalue weighted by molar-refractivity contribution is 0.228. The van der Waals surface area contributed by atoms with Crippen LogP contribution >= 0.6 is 11.6 Å². The van der Waals surface area contributed by atoms with E-state index < -0.39 is 0 Å². The molecule has 2 aliphatic heterocycles. The minimum Gasteiger partial charge on any atom is -0.457 e. The first-order valence-electron chi connectivity index (χ1n) is 7.47. The van der Waals surface area contributed by atoms with Crippen LogP contribution in [-0.4, -0.2) is 25.0 Å². The van der Waals surface area contributed by atoms with Gasteiger partial charge in [0.2, 0.25) is 0 Å². The van der Waals surface area contributed by atoms with Crippen molar-refractivity contribution in [1.82, 2.24) is 4.90 Å². The monoisotopic (exact) mass is 299 g/mol. The van der Waals surface area contributed by atoms with Gasteiger partial charge in [0.25, 0.3) is 0 Å². The Hall–Kier alpha value is -1.51. The smallest absolute Gasteiger partial charge is 0.131 e. The lowest BCUT2D eigenvalue weighted by atomic mass is 9.77. The number of benzene rings is 2. The second-order valence-corrected chi connectivity index (χ2v) is 6.52. The first-order chi connectivity index (χ1) is 10.2. The van der Waals surface area contributed by atoms with E-state index in [0.717, 1.165) is 36.0 Å². The van der Waals surface area contributed by atoms with Crippen molar-refractivity contribution < 1.29 is 4.74 Å². The van der Waals surface area contributed by atoms with Crippen molar-refractivity contribution in [3.8, 4) is 11.5 Å². The first-order valence-corrected chi connectivity index (χ1v) is 7.85. The molecule has 0 N–H and O–H groups in total. The number of hydrogen-bond acceptors (Lipinski definition) is 2. The molecule has 2 aromatic rings.